The average molecular weight is 307 g/mol. The Balaban J connectivity index is 2.33. The summed E-state index contributed by atoms with van der Waals surface area (Å²) in [4.78, 5) is 15.4. The molecule has 1 aliphatic rings. The Bertz CT molecular complexity index is 545. The highest BCUT2D eigenvalue weighted by molar-refractivity contribution is 6.48. The Morgan fingerprint density at radius 3 is 2.41 bits per heavy atom. The van der Waals surface area contributed by atoms with Crippen molar-refractivity contribution in [3.05, 3.63) is 24.0 Å². The second-order valence-electron chi connectivity index (χ2n) is 6.49. The van der Waals surface area contributed by atoms with Crippen LogP contribution in [0.2, 0.25) is 0 Å². The van der Waals surface area contributed by atoms with Crippen molar-refractivity contribution in [3.8, 4) is 5.75 Å². The fourth-order valence-electron chi connectivity index (χ4n) is 2.36. The number of aromatic nitrogens is 1. The highest BCUT2D eigenvalue weighted by Gasteiger charge is 2.54. The summed E-state index contributed by atoms with van der Waals surface area (Å²) in [5.74, 6) is -0.798. The van der Waals surface area contributed by atoms with E-state index < -0.39 is 30.1 Å². The quantitative estimate of drug-likeness (QED) is 0.841. The van der Waals surface area contributed by atoms with Crippen molar-refractivity contribution < 1.29 is 23.9 Å². The second kappa shape index (κ2) is 5.89. The van der Waals surface area contributed by atoms with Crippen LogP contribution in [0.1, 0.15) is 45.5 Å². The van der Waals surface area contributed by atoms with Crippen molar-refractivity contribution in [2.24, 2.45) is 0 Å². The maximum Gasteiger partial charge on any atom is 0.466 e. The smallest absolute Gasteiger partial charge is 0.466 e. The number of carbonyl (C=O) groups is 1. The molecule has 1 aliphatic heterocycles. The maximum atomic E-state index is 11.3. The zero-order valence-electron chi connectivity index (χ0n) is 13.6. The van der Waals surface area contributed by atoms with Gasteiger partial charge in [0.05, 0.1) is 30.9 Å². The molecule has 1 N–H and O–H groups in total. The minimum atomic E-state index is -0.914. The first-order chi connectivity index (χ1) is 10.2. The Labute approximate surface area is 130 Å². The van der Waals surface area contributed by atoms with Gasteiger partial charge in [0.25, 0.3) is 0 Å². The van der Waals surface area contributed by atoms with E-state index in [9.17, 15) is 9.90 Å². The monoisotopic (exact) mass is 307 g/mol. The van der Waals surface area contributed by atoms with E-state index in [0.717, 1.165) is 5.56 Å². The molecule has 0 saturated carbocycles. The molecular weight excluding hydrogens is 285 g/mol. The second-order valence-corrected chi connectivity index (χ2v) is 6.49. The van der Waals surface area contributed by atoms with Crippen LogP contribution in [-0.2, 0) is 14.1 Å². The predicted octanol–water partition coefficient (Wildman–Crippen LogP) is 2.28. The number of aliphatic carboxylic acids is 1. The molecule has 2 heterocycles. The minimum absolute atomic E-state index is 0.105. The number of carboxylic acids is 1. The number of rotatable bonds is 5. The van der Waals surface area contributed by atoms with Crippen LogP contribution in [0.4, 0.5) is 0 Å². The van der Waals surface area contributed by atoms with E-state index in [1.165, 1.54) is 0 Å². The molecule has 1 fully saturated rings. The van der Waals surface area contributed by atoms with Crippen LogP contribution in [0.25, 0.3) is 0 Å². The number of ether oxygens (including phenoxy) is 1. The van der Waals surface area contributed by atoms with Crippen molar-refractivity contribution in [2.75, 3.05) is 7.11 Å². The molecule has 0 bridgehead atoms. The SMILES string of the molecule is COc1cncc(C(CC(=O)O)B2OC(C)(C)C(C)(C)O2)c1. The van der Waals surface area contributed by atoms with Gasteiger partial charge in [0, 0.05) is 12.0 Å². The summed E-state index contributed by atoms with van der Waals surface area (Å²) >= 11 is 0. The van der Waals surface area contributed by atoms with Crippen LogP contribution in [0.5, 0.6) is 5.75 Å². The van der Waals surface area contributed by atoms with Crippen LogP contribution < -0.4 is 4.74 Å². The van der Waals surface area contributed by atoms with Crippen molar-refractivity contribution in [2.45, 2.75) is 51.1 Å². The number of hydrogen-bond donors (Lipinski definition) is 1. The zero-order chi connectivity index (χ0) is 16.5. The van der Waals surface area contributed by atoms with Gasteiger partial charge in [0.1, 0.15) is 5.75 Å². The van der Waals surface area contributed by atoms with Gasteiger partial charge in [0.15, 0.2) is 0 Å². The van der Waals surface area contributed by atoms with Gasteiger partial charge in [-0.15, -0.1) is 0 Å². The Morgan fingerprint density at radius 2 is 1.91 bits per heavy atom. The summed E-state index contributed by atoms with van der Waals surface area (Å²) in [7, 11) is 0.900. The Hall–Kier alpha value is -1.60. The fraction of sp³-hybridized carbons (Fsp3) is 0.600. The summed E-state index contributed by atoms with van der Waals surface area (Å²) in [5, 5.41) is 9.23. The van der Waals surface area contributed by atoms with Gasteiger partial charge >= 0.3 is 13.1 Å². The minimum Gasteiger partial charge on any atom is -0.495 e. The molecule has 22 heavy (non-hydrogen) atoms. The lowest BCUT2D eigenvalue weighted by molar-refractivity contribution is -0.137. The van der Waals surface area contributed by atoms with Crippen molar-refractivity contribution in [3.63, 3.8) is 0 Å². The first-order valence-corrected chi connectivity index (χ1v) is 7.22. The number of pyridine rings is 1. The molecule has 1 unspecified atom stereocenters. The number of methoxy groups -OCH3 is 1. The molecule has 120 valence electrons. The molecule has 2 rings (SSSR count). The van der Waals surface area contributed by atoms with E-state index in [1.807, 2.05) is 27.7 Å². The van der Waals surface area contributed by atoms with Gasteiger partial charge in [0.2, 0.25) is 0 Å². The lowest BCUT2D eigenvalue weighted by atomic mass is 9.66. The third kappa shape index (κ3) is 3.25. The number of nitrogens with zero attached hydrogens (tertiary/aromatic N) is 1. The average Bonchev–Trinajstić information content (AvgIpc) is 2.64. The highest BCUT2D eigenvalue weighted by Crippen LogP contribution is 2.41. The van der Waals surface area contributed by atoms with Gasteiger partial charge in [-0.2, -0.15) is 0 Å². The van der Waals surface area contributed by atoms with Gasteiger partial charge in [-0.05, 0) is 39.3 Å². The van der Waals surface area contributed by atoms with Gasteiger partial charge in [-0.3, -0.25) is 9.78 Å². The van der Waals surface area contributed by atoms with Gasteiger partial charge < -0.3 is 19.2 Å². The van der Waals surface area contributed by atoms with E-state index in [0.29, 0.717) is 5.75 Å². The summed E-state index contributed by atoms with van der Waals surface area (Å²) in [6.45, 7) is 7.76. The molecule has 0 radical (unpaired) electrons. The Morgan fingerprint density at radius 1 is 1.32 bits per heavy atom. The number of carboxylic acid groups (broad SMARTS) is 1. The van der Waals surface area contributed by atoms with Crippen LogP contribution in [-0.4, -0.2) is 41.5 Å². The summed E-state index contributed by atoms with van der Waals surface area (Å²) < 4.78 is 17.2. The number of hydrogen-bond acceptors (Lipinski definition) is 5. The normalized spacial score (nSPS) is 20.7. The predicted molar refractivity (Wildman–Crippen MR) is 81.9 cm³/mol. The molecule has 1 atom stereocenters. The van der Waals surface area contributed by atoms with Crippen molar-refractivity contribution >= 4 is 13.1 Å². The molecule has 6 nitrogen and oxygen atoms in total. The lowest BCUT2D eigenvalue weighted by Crippen LogP contribution is -2.41. The topological polar surface area (TPSA) is 77.9 Å². The Kier molecular flexibility index (Phi) is 4.49. The molecular formula is C15H22BNO5. The molecule has 1 aromatic rings. The van der Waals surface area contributed by atoms with E-state index in [4.69, 9.17) is 14.0 Å². The van der Waals surface area contributed by atoms with Gasteiger partial charge in [-0.1, -0.05) is 0 Å². The molecule has 1 saturated heterocycles. The standard InChI is InChI=1S/C15H22BNO5/c1-14(2)15(3,4)22-16(21-14)12(7-13(18)19)10-6-11(20-5)9-17-8-10/h6,8-9,12H,7H2,1-5H3,(H,18,19). The molecule has 0 amide bonds. The third-order valence-corrected chi connectivity index (χ3v) is 4.39. The summed E-state index contributed by atoms with van der Waals surface area (Å²) in [6.07, 6.45) is 3.10. The highest BCUT2D eigenvalue weighted by atomic mass is 16.7. The van der Waals surface area contributed by atoms with Crippen LogP contribution in [0.15, 0.2) is 18.5 Å². The van der Waals surface area contributed by atoms with Crippen LogP contribution in [0, 0.1) is 0 Å². The van der Waals surface area contributed by atoms with E-state index in [-0.39, 0.29) is 6.42 Å². The van der Waals surface area contributed by atoms with E-state index in [2.05, 4.69) is 4.98 Å². The van der Waals surface area contributed by atoms with Gasteiger partial charge in [-0.25, -0.2) is 0 Å². The molecule has 0 spiro atoms. The van der Waals surface area contributed by atoms with Crippen LogP contribution >= 0.6 is 0 Å². The first kappa shape index (κ1) is 16.8. The van der Waals surface area contributed by atoms with Crippen LogP contribution in [0.3, 0.4) is 0 Å². The summed E-state index contributed by atoms with van der Waals surface area (Å²) in [6, 6.07) is 1.77. The fourth-order valence-corrected chi connectivity index (χ4v) is 2.36. The maximum absolute atomic E-state index is 11.3. The zero-order valence-corrected chi connectivity index (χ0v) is 13.6. The van der Waals surface area contributed by atoms with Crippen molar-refractivity contribution in [1.29, 1.82) is 0 Å². The summed E-state index contributed by atoms with van der Waals surface area (Å²) in [5.41, 5.74) is -0.304. The third-order valence-electron chi connectivity index (χ3n) is 4.39. The molecule has 0 aliphatic carbocycles. The first-order valence-electron chi connectivity index (χ1n) is 7.22. The lowest BCUT2D eigenvalue weighted by Gasteiger charge is -2.32. The van der Waals surface area contributed by atoms with E-state index in [1.54, 1.807) is 25.6 Å². The molecule has 1 aromatic heterocycles. The molecule has 0 aromatic carbocycles. The van der Waals surface area contributed by atoms with E-state index >= 15 is 0 Å². The largest absolute Gasteiger partial charge is 0.495 e. The van der Waals surface area contributed by atoms with Crippen molar-refractivity contribution in [1.82, 2.24) is 4.98 Å². The molecule has 7 heteroatoms.